The summed E-state index contributed by atoms with van der Waals surface area (Å²) in [7, 11) is -2.15. The van der Waals surface area contributed by atoms with Crippen LogP contribution in [0.4, 0.5) is 5.69 Å². The summed E-state index contributed by atoms with van der Waals surface area (Å²) >= 11 is 0. The van der Waals surface area contributed by atoms with Gasteiger partial charge in [0.25, 0.3) is 0 Å². The number of ether oxygens (including phenoxy) is 1. The number of methoxy groups -OCH3 is 1. The topological polar surface area (TPSA) is 102 Å². The van der Waals surface area contributed by atoms with E-state index in [4.69, 9.17) is 10.5 Å². The quantitative estimate of drug-likeness (QED) is 0.642. The molecule has 1 rings (SSSR count). The number of aliphatic hydroxyl groups is 1. The summed E-state index contributed by atoms with van der Waals surface area (Å²) < 4.78 is 31.7. The minimum atomic E-state index is -3.67. The fourth-order valence-corrected chi connectivity index (χ4v) is 3.10. The van der Waals surface area contributed by atoms with Crippen molar-refractivity contribution in [3.63, 3.8) is 0 Å². The van der Waals surface area contributed by atoms with Crippen molar-refractivity contribution in [1.82, 2.24) is 4.72 Å². The molecule has 0 fully saturated rings. The predicted molar refractivity (Wildman–Crippen MR) is 77.9 cm³/mol. The number of nitrogens with one attached hydrogen (secondary N) is 1. The Morgan fingerprint density at radius 3 is 2.65 bits per heavy atom. The second-order valence-electron chi connectivity index (χ2n) is 5.09. The highest BCUT2D eigenvalue weighted by molar-refractivity contribution is 7.89. The number of hydrogen-bond donors (Lipinski definition) is 3. The third-order valence-electron chi connectivity index (χ3n) is 2.98. The van der Waals surface area contributed by atoms with Crippen molar-refractivity contribution in [2.24, 2.45) is 0 Å². The van der Waals surface area contributed by atoms with Crippen molar-refractivity contribution >= 4 is 15.7 Å². The van der Waals surface area contributed by atoms with E-state index >= 15 is 0 Å². The van der Waals surface area contributed by atoms with Gasteiger partial charge in [-0.25, -0.2) is 13.1 Å². The lowest BCUT2D eigenvalue weighted by molar-refractivity contribution is 0.0292. The van der Waals surface area contributed by atoms with Crippen LogP contribution in [0, 0.1) is 6.92 Å². The standard InChI is InChI=1S/C13H22N2O4S/c1-10-8-11(14)4-5-12(10)20(17,18)15-9-13(2,16)6-7-19-3/h4-5,8,15-16H,6-7,9,14H2,1-3H3. The van der Waals surface area contributed by atoms with Crippen LogP contribution in [0.15, 0.2) is 23.1 Å². The molecule has 1 aromatic carbocycles. The van der Waals surface area contributed by atoms with Crippen LogP contribution in [-0.2, 0) is 14.8 Å². The molecule has 0 heterocycles. The molecule has 0 aliphatic carbocycles. The van der Waals surface area contributed by atoms with E-state index < -0.39 is 15.6 Å². The molecule has 20 heavy (non-hydrogen) atoms. The van der Waals surface area contributed by atoms with Gasteiger partial charge in [-0.1, -0.05) is 0 Å². The van der Waals surface area contributed by atoms with Crippen molar-refractivity contribution in [3.05, 3.63) is 23.8 Å². The van der Waals surface area contributed by atoms with Crippen molar-refractivity contribution in [2.45, 2.75) is 30.8 Å². The summed E-state index contributed by atoms with van der Waals surface area (Å²) in [6.45, 7) is 3.51. The second kappa shape index (κ2) is 6.53. The zero-order valence-corrected chi connectivity index (χ0v) is 12.8. The normalized spacial score (nSPS) is 15.0. The Balaban J connectivity index is 2.80. The molecule has 0 saturated carbocycles. The maximum Gasteiger partial charge on any atom is 0.240 e. The Morgan fingerprint density at radius 2 is 2.10 bits per heavy atom. The third-order valence-corrected chi connectivity index (χ3v) is 4.54. The molecule has 0 radical (unpaired) electrons. The molecule has 4 N–H and O–H groups in total. The number of nitrogens with two attached hydrogens (primary N) is 1. The van der Waals surface area contributed by atoms with Crippen molar-refractivity contribution < 1.29 is 18.3 Å². The fourth-order valence-electron chi connectivity index (χ4n) is 1.71. The van der Waals surface area contributed by atoms with Crippen LogP contribution in [0.25, 0.3) is 0 Å². The minimum Gasteiger partial charge on any atom is -0.399 e. The average molecular weight is 302 g/mol. The van der Waals surface area contributed by atoms with Crippen LogP contribution in [-0.4, -0.2) is 39.4 Å². The summed E-state index contributed by atoms with van der Waals surface area (Å²) in [4.78, 5) is 0.161. The average Bonchev–Trinajstić information content (AvgIpc) is 2.34. The first-order valence-electron chi connectivity index (χ1n) is 6.25. The maximum atomic E-state index is 12.2. The van der Waals surface area contributed by atoms with E-state index in [-0.39, 0.29) is 11.4 Å². The molecule has 1 unspecified atom stereocenters. The van der Waals surface area contributed by atoms with Gasteiger partial charge in [-0.2, -0.15) is 0 Å². The number of benzene rings is 1. The van der Waals surface area contributed by atoms with Gasteiger partial charge in [0, 0.05) is 32.4 Å². The number of aryl methyl sites for hydroxylation is 1. The summed E-state index contributed by atoms with van der Waals surface area (Å²) in [5.41, 5.74) is 5.51. The van der Waals surface area contributed by atoms with E-state index in [1.807, 2.05) is 0 Å². The van der Waals surface area contributed by atoms with Crippen molar-refractivity contribution in [1.29, 1.82) is 0 Å². The number of hydrogen-bond acceptors (Lipinski definition) is 5. The van der Waals surface area contributed by atoms with Crippen LogP contribution in [0.3, 0.4) is 0 Å². The van der Waals surface area contributed by atoms with Crippen LogP contribution < -0.4 is 10.5 Å². The van der Waals surface area contributed by atoms with E-state index in [0.29, 0.717) is 24.3 Å². The second-order valence-corrected chi connectivity index (χ2v) is 6.82. The predicted octanol–water partition coefficient (Wildman–Crippen LogP) is 0.643. The molecule has 1 aromatic rings. The highest BCUT2D eigenvalue weighted by Crippen LogP contribution is 2.18. The number of nitrogen functional groups attached to an aromatic ring is 1. The largest absolute Gasteiger partial charge is 0.399 e. The Labute approximate surface area is 120 Å². The highest BCUT2D eigenvalue weighted by atomic mass is 32.2. The van der Waals surface area contributed by atoms with Gasteiger partial charge in [-0.15, -0.1) is 0 Å². The molecule has 1 atom stereocenters. The van der Waals surface area contributed by atoms with Crippen LogP contribution in [0.1, 0.15) is 18.9 Å². The molecule has 114 valence electrons. The van der Waals surface area contributed by atoms with Gasteiger partial charge in [-0.3, -0.25) is 0 Å². The lowest BCUT2D eigenvalue weighted by Gasteiger charge is -2.23. The van der Waals surface area contributed by atoms with Crippen LogP contribution in [0.5, 0.6) is 0 Å². The van der Waals surface area contributed by atoms with Gasteiger partial charge in [0.1, 0.15) is 0 Å². The van der Waals surface area contributed by atoms with Gasteiger partial charge in [0.05, 0.1) is 10.5 Å². The molecule has 0 aliphatic rings. The van der Waals surface area contributed by atoms with Crippen LogP contribution in [0.2, 0.25) is 0 Å². The lowest BCUT2D eigenvalue weighted by atomic mass is 10.0. The number of sulfonamides is 1. The summed E-state index contributed by atoms with van der Waals surface area (Å²) in [6, 6.07) is 4.58. The Kier molecular flexibility index (Phi) is 5.52. The zero-order chi connectivity index (χ0) is 15.4. The molecule has 0 aromatic heterocycles. The summed E-state index contributed by atoms with van der Waals surface area (Å²) in [6.07, 6.45) is 0.340. The molecule has 0 aliphatic heterocycles. The number of anilines is 1. The monoisotopic (exact) mass is 302 g/mol. The smallest absolute Gasteiger partial charge is 0.240 e. The molecular formula is C13H22N2O4S. The Morgan fingerprint density at radius 1 is 1.45 bits per heavy atom. The molecule has 6 nitrogen and oxygen atoms in total. The van der Waals surface area contributed by atoms with Gasteiger partial charge in [0.2, 0.25) is 10.0 Å². The highest BCUT2D eigenvalue weighted by Gasteiger charge is 2.24. The van der Waals surface area contributed by atoms with Gasteiger partial charge >= 0.3 is 0 Å². The zero-order valence-electron chi connectivity index (χ0n) is 12.0. The number of rotatable bonds is 7. The molecule has 0 amide bonds. The summed E-state index contributed by atoms with van der Waals surface area (Å²) in [5.74, 6) is 0. The first-order chi connectivity index (χ1) is 9.18. The molecule has 7 heteroatoms. The first-order valence-corrected chi connectivity index (χ1v) is 7.73. The van der Waals surface area contributed by atoms with E-state index in [1.165, 1.54) is 19.2 Å². The maximum absolute atomic E-state index is 12.2. The minimum absolute atomic E-state index is 0.0808. The van der Waals surface area contributed by atoms with Crippen molar-refractivity contribution in [2.75, 3.05) is 26.0 Å². The Bertz CT molecular complexity index is 555. The summed E-state index contributed by atoms with van der Waals surface area (Å²) in [5, 5.41) is 10.0. The molecular weight excluding hydrogens is 280 g/mol. The van der Waals surface area contributed by atoms with Gasteiger partial charge in [-0.05, 0) is 37.6 Å². The van der Waals surface area contributed by atoms with Crippen LogP contribution >= 0.6 is 0 Å². The molecule has 0 bridgehead atoms. The third kappa shape index (κ3) is 4.75. The fraction of sp³-hybridized carbons (Fsp3) is 0.538. The molecule has 0 spiro atoms. The van der Waals surface area contributed by atoms with E-state index in [0.717, 1.165) is 0 Å². The SMILES string of the molecule is COCCC(C)(O)CNS(=O)(=O)c1ccc(N)cc1C. The van der Waals surface area contributed by atoms with E-state index in [2.05, 4.69) is 4.72 Å². The Hall–Kier alpha value is -1.15. The van der Waals surface area contributed by atoms with Gasteiger partial charge in [0.15, 0.2) is 0 Å². The lowest BCUT2D eigenvalue weighted by Crippen LogP contribution is -2.41. The molecule has 0 saturated heterocycles. The van der Waals surface area contributed by atoms with E-state index in [9.17, 15) is 13.5 Å². The van der Waals surface area contributed by atoms with E-state index in [1.54, 1.807) is 19.9 Å². The first kappa shape index (κ1) is 16.9. The van der Waals surface area contributed by atoms with Gasteiger partial charge < -0.3 is 15.6 Å². The van der Waals surface area contributed by atoms with Crippen molar-refractivity contribution in [3.8, 4) is 0 Å².